The largest absolute Gasteiger partial charge is 0.488 e. The fourth-order valence-electron chi connectivity index (χ4n) is 6.44. The summed E-state index contributed by atoms with van der Waals surface area (Å²) in [6.07, 6.45) is 17.0. The minimum atomic E-state index is -0.0536. The lowest BCUT2D eigenvalue weighted by Gasteiger charge is -2.39. The van der Waals surface area contributed by atoms with E-state index in [1.807, 2.05) is 0 Å². The molecule has 4 nitrogen and oxygen atoms in total. The van der Waals surface area contributed by atoms with Gasteiger partial charge in [-0.15, -0.1) is 0 Å². The summed E-state index contributed by atoms with van der Waals surface area (Å²) in [5, 5.41) is 0. The van der Waals surface area contributed by atoms with E-state index in [1.165, 1.54) is 50.6 Å². The first-order valence-electron chi connectivity index (χ1n) is 15.5. The van der Waals surface area contributed by atoms with Crippen LogP contribution in [-0.2, 0) is 16.0 Å². The zero-order valence-electron chi connectivity index (χ0n) is 24.4. The molecule has 4 rings (SSSR count). The highest BCUT2D eigenvalue weighted by Crippen LogP contribution is 2.37. The smallest absolute Gasteiger partial charge is 0.200 e. The minimum absolute atomic E-state index is 0.0536. The van der Waals surface area contributed by atoms with Crippen LogP contribution in [0.2, 0.25) is 0 Å². The van der Waals surface area contributed by atoms with Gasteiger partial charge >= 0.3 is 0 Å². The molecule has 3 aliphatic rings. The first-order valence-corrected chi connectivity index (χ1v) is 15.5. The second kappa shape index (κ2) is 14.4. The second-order valence-electron chi connectivity index (χ2n) is 12.7. The van der Waals surface area contributed by atoms with Crippen LogP contribution in [0.25, 0.3) is 0 Å². The first-order chi connectivity index (χ1) is 18.5. The van der Waals surface area contributed by atoms with Gasteiger partial charge in [0.2, 0.25) is 0 Å². The van der Waals surface area contributed by atoms with E-state index in [1.54, 1.807) is 0 Å². The van der Waals surface area contributed by atoms with Gasteiger partial charge in [-0.05, 0) is 54.6 Å². The van der Waals surface area contributed by atoms with Gasteiger partial charge in [0.05, 0.1) is 12.3 Å². The highest BCUT2D eigenvalue weighted by atomic mass is 16.5. The van der Waals surface area contributed by atoms with Gasteiger partial charge in [-0.2, -0.15) is 0 Å². The molecule has 1 saturated carbocycles. The lowest BCUT2D eigenvalue weighted by Crippen LogP contribution is -2.47. The summed E-state index contributed by atoms with van der Waals surface area (Å²) in [4.78, 5) is 18.9. The van der Waals surface area contributed by atoms with Gasteiger partial charge in [0.15, 0.2) is 11.5 Å². The number of hydrogen-bond acceptors (Lipinski definition) is 4. The molecule has 0 spiro atoms. The first kappa shape index (κ1) is 28.9. The Morgan fingerprint density at radius 2 is 1.79 bits per heavy atom. The van der Waals surface area contributed by atoms with Crippen molar-refractivity contribution in [1.29, 1.82) is 0 Å². The van der Waals surface area contributed by atoms with Gasteiger partial charge in [0, 0.05) is 39.1 Å². The van der Waals surface area contributed by atoms with Gasteiger partial charge in [-0.25, -0.2) is 0 Å². The topological polar surface area (TPSA) is 32.8 Å². The quantitative estimate of drug-likeness (QED) is 0.304. The Balaban J connectivity index is 1.46. The second-order valence-corrected chi connectivity index (χ2v) is 12.7. The van der Waals surface area contributed by atoms with E-state index in [4.69, 9.17) is 4.74 Å². The molecule has 210 valence electrons. The van der Waals surface area contributed by atoms with Crippen LogP contribution in [0, 0.1) is 17.3 Å². The van der Waals surface area contributed by atoms with E-state index in [2.05, 4.69) is 73.1 Å². The van der Waals surface area contributed by atoms with Crippen molar-refractivity contribution in [3.8, 4) is 0 Å². The van der Waals surface area contributed by atoms with Gasteiger partial charge in [-0.1, -0.05) is 95.7 Å². The summed E-state index contributed by atoms with van der Waals surface area (Å²) < 4.78 is 6.49. The Morgan fingerprint density at radius 3 is 2.50 bits per heavy atom. The van der Waals surface area contributed by atoms with Gasteiger partial charge in [0.25, 0.3) is 0 Å². The minimum Gasteiger partial charge on any atom is -0.488 e. The SMILES string of the molecule is CCC(C)CN1CCN(C2=C(\OCCC3CCCCC3)C(=O)CC(C)(CCc3ccccc3)C\C=C\2)CC1. The Labute approximate surface area is 232 Å². The molecule has 0 amide bonds. The Morgan fingerprint density at radius 1 is 1.05 bits per heavy atom. The lowest BCUT2D eigenvalue weighted by atomic mass is 9.75. The molecular weight excluding hydrogens is 468 g/mol. The van der Waals surface area contributed by atoms with Crippen LogP contribution in [0.5, 0.6) is 0 Å². The maximum Gasteiger partial charge on any atom is 0.200 e. The molecule has 0 N–H and O–H groups in total. The maximum absolute atomic E-state index is 13.9. The van der Waals surface area contributed by atoms with Crippen molar-refractivity contribution >= 4 is 5.78 Å². The van der Waals surface area contributed by atoms with Crippen molar-refractivity contribution in [3.05, 3.63) is 59.5 Å². The number of piperazine rings is 1. The van der Waals surface area contributed by atoms with Crippen LogP contribution < -0.4 is 0 Å². The summed E-state index contributed by atoms with van der Waals surface area (Å²) in [6, 6.07) is 10.7. The number of ether oxygens (including phenoxy) is 1. The van der Waals surface area contributed by atoms with Crippen molar-refractivity contribution in [1.82, 2.24) is 9.80 Å². The van der Waals surface area contributed by atoms with Crippen LogP contribution in [0.4, 0.5) is 0 Å². The van der Waals surface area contributed by atoms with Crippen molar-refractivity contribution in [2.75, 3.05) is 39.3 Å². The third-order valence-corrected chi connectivity index (χ3v) is 9.30. The predicted octanol–water partition coefficient (Wildman–Crippen LogP) is 7.41. The number of carbonyl (C=O) groups excluding carboxylic acids is 1. The molecule has 38 heavy (non-hydrogen) atoms. The fraction of sp³-hybridized carbons (Fsp3) is 0.676. The number of benzene rings is 1. The number of carbonyl (C=O) groups is 1. The molecule has 2 fully saturated rings. The number of hydrogen-bond donors (Lipinski definition) is 0. The van der Waals surface area contributed by atoms with Crippen molar-refractivity contribution < 1.29 is 9.53 Å². The number of allylic oxidation sites excluding steroid dienone is 3. The normalized spacial score (nSPS) is 27.6. The molecule has 0 radical (unpaired) electrons. The standard InChI is InChI=1S/C34H52N2O2/c1-4-28(2)27-35-21-23-36(24-22-35)31-16-11-19-34(3,20-17-29-12-7-5-8-13-29)26-32(37)33(31)38-25-18-30-14-9-6-10-15-30/h5,7-8,11-13,16,28,30H,4,6,9-10,14-15,17-27H2,1-3H3/b16-11+,33-31-. The fourth-order valence-corrected chi connectivity index (χ4v) is 6.44. The third-order valence-electron chi connectivity index (χ3n) is 9.30. The average Bonchev–Trinajstić information content (AvgIpc) is 2.94. The molecule has 2 aliphatic carbocycles. The summed E-state index contributed by atoms with van der Waals surface area (Å²) in [7, 11) is 0. The summed E-state index contributed by atoms with van der Waals surface area (Å²) in [5.41, 5.74) is 2.33. The van der Waals surface area contributed by atoms with E-state index < -0.39 is 0 Å². The van der Waals surface area contributed by atoms with Crippen LogP contribution in [0.15, 0.2) is 53.9 Å². The molecule has 4 heteroatoms. The van der Waals surface area contributed by atoms with Crippen LogP contribution >= 0.6 is 0 Å². The number of nitrogens with zero attached hydrogens (tertiary/aromatic N) is 2. The third kappa shape index (κ3) is 8.46. The van der Waals surface area contributed by atoms with Gasteiger partial charge in [-0.3, -0.25) is 9.69 Å². The Kier molecular flexibility index (Phi) is 10.9. The van der Waals surface area contributed by atoms with Gasteiger partial charge < -0.3 is 9.64 Å². The van der Waals surface area contributed by atoms with Crippen molar-refractivity contribution in [2.45, 2.75) is 91.4 Å². The molecule has 1 aromatic rings. The van der Waals surface area contributed by atoms with E-state index >= 15 is 0 Å². The Hall–Kier alpha value is -2.07. The van der Waals surface area contributed by atoms with Crippen LogP contribution in [-0.4, -0.2) is 54.9 Å². The molecule has 0 aromatic heterocycles. The van der Waals surface area contributed by atoms with Crippen LogP contribution in [0.3, 0.4) is 0 Å². The monoisotopic (exact) mass is 520 g/mol. The zero-order valence-corrected chi connectivity index (χ0v) is 24.4. The van der Waals surface area contributed by atoms with E-state index in [0.717, 1.165) is 69.4 Å². The highest BCUT2D eigenvalue weighted by molar-refractivity contribution is 5.95. The van der Waals surface area contributed by atoms with Crippen molar-refractivity contribution in [2.24, 2.45) is 17.3 Å². The van der Waals surface area contributed by atoms with Gasteiger partial charge in [0.1, 0.15) is 0 Å². The summed E-state index contributed by atoms with van der Waals surface area (Å²) >= 11 is 0. The number of ketones is 1. The van der Waals surface area contributed by atoms with E-state index in [9.17, 15) is 4.79 Å². The molecular formula is C34H52N2O2. The summed E-state index contributed by atoms with van der Waals surface area (Å²) in [6.45, 7) is 12.8. The van der Waals surface area contributed by atoms with Crippen molar-refractivity contribution in [3.63, 3.8) is 0 Å². The number of rotatable bonds is 11. The Bertz CT molecular complexity index is 925. The predicted molar refractivity (Wildman–Crippen MR) is 158 cm³/mol. The van der Waals surface area contributed by atoms with E-state index in [-0.39, 0.29) is 11.2 Å². The summed E-state index contributed by atoms with van der Waals surface area (Å²) in [5.74, 6) is 2.33. The van der Waals surface area contributed by atoms with Crippen LogP contribution in [0.1, 0.15) is 90.5 Å². The molecule has 1 aromatic carbocycles. The number of aryl methyl sites for hydroxylation is 1. The van der Waals surface area contributed by atoms with E-state index in [0.29, 0.717) is 18.8 Å². The zero-order chi connectivity index (χ0) is 26.8. The molecule has 0 bridgehead atoms. The molecule has 2 atom stereocenters. The number of Topliss-reactive ketones (excluding diaryl/α,β-unsaturated/α-hetero) is 1. The molecule has 1 aliphatic heterocycles. The maximum atomic E-state index is 13.9. The molecule has 1 heterocycles. The average molecular weight is 521 g/mol. The highest BCUT2D eigenvalue weighted by Gasteiger charge is 2.33. The molecule has 2 unspecified atom stereocenters. The lowest BCUT2D eigenvalue weighted by molar-refractivity contribution is -0.121. The molecule has 1 saturated heterocycles.